The van der Waals surface area contributed by atoms with Gasteiger partial charge in [-0.2, -0.15) is 0 Å². The SMILES string of the molecule is CC1(C)c2cc(C=Cc3ccc4c(c3)C(C)(C)c3ccc5c(c3-4)Oc3ccccc3[Si]5(C)C)ccc2-c2c1ccc1c2Oc2ccccc2[Si]1(C)C. The van der Waals surface area contributed by atoms with Gasteiger partial charge < -0.3 is 9.47 Å². The molecule has 10 rings (SSSR count). The summed E-state index contributed by atoms with van der Waals surface area (Å²) >= 11 is 0. The van der Waals surface area contributed by atoms with Crippen LogP contribution in [0.3, 0.4) is 0 Å². The van der Waals surface area contributed by atoms with Gasteiger partial charge in [0.15, 0.2) is 0 Å². The predicted octanol–water partition coefficient (Wildman–Crippen LogP) is 10.3. The van der Waals surface area contributed by atoms with E-state index in [0.29, 0.717) is 0 Å². The maximum Gasteiger partial charge on any atom is 0.135 e. The Kier molecular flexibility index (Phi) is 6.34. The fraction of sp³-hybridized carbons (Fsp3) is 0.208. The Bertz CT molecular complexity index is 2410. The first-order valence-corrected chi connectivity index (χ1v) is 24.7. The van der Waals surface area contributed by atoms with Crippen molar-refractivity contribution in [1.82, 2.24) is 0 Å². The molecular weight excluding hydrogens is 665 g/mol. The Labute approximate surface area is 309 Å². The van der Waals surface area contributed by atoms with E-state index in [0.717, 1.165) is 23.0 Å². The van der Waals surface area contributed by atoms with Gasteiger partial charge in [-0.25, -0.2) is 0 Å². The summed E-state index contributed by atoms with van der Waals surface area (Å²) in [6.45, 7) is 19.3. The van der Waals surface area contributed by atoms with Crippen molar-refractivity contribution in [2.45, 2.75) is 64.7 Å². The molecule has 4 heteroatoms. The quantitative estimate of drug-likeness (QED) is 0.132. The Morgan fingerprint density at radius 1 is 0.442 bits per heavy atom. The zero-order valence-electron chi connectivity index (χ0n) is 31.4. The summed E-state index contributed by atoms with van der Waals surface area (Å²) in [5, 5.41) is 5.54. The summed E-state index contributed by atoms with van der Waals surface area (Å²) in [5.41, 5.74) is 12.8. The van der Waals surface area contributed by atoms with Gasteiger partial charge in [0.1, 0.15) is 39.1 Å². The van der Waals surface area contributed by atoms with Crippen molar-refractivity contribution >= 4 is 49.0 Å². The van der Waals surface area contributed by atoms with Crippen LogP contribution in [0.2, 0.25) is 26.2 Å². The number of fused-ring (bicyclic) bond motifs is 12. The minimum Gasteiger partial charge on any atom is -0.457 e. The summed E-state index contributed by atoms with van der Waals surface area (Å²) in [6.07, 6.45) is 4.56. The van der Waals surface area contributed by atoms with Crippen molar-refractivity contribution in [3.8, 4) is 45.3 Å². The molecule has 0 fully saturated rings. The van der Waals surface area contributed by atoms with Crippen molar-refractivity contribution in [2.75, 3.05) is 0 Å². The normalized spacial score (nSPS) is 18.1. The molecule has 2 heterocycles. The number of ether oxygens (including phenoxy) is 2. The van der Waals surface area contributed by atoms with Gasteiger partial charge in [0.25, 0.3) is 0 Å². The first kappa shape index (κ1) is 31.8. The number of rotatable bonds is 2. The molecule has 0 atom stereocenters. The molecule has 256 valence electrons. The fourth-order valence-corrected chi connectivity index (χ4v) is 15.5. The molecule has 6 aromatic rings. The lowest BCUT2D eigenvalue weighted by atomic mass is 9.81. The first-order chi connectivity index (χ1) is 24.8. The molecule has 2 aliphatic carbocycles. The van der Waals surface area contributed by atoms with Crippen LogP contribution in [0.25, 0.3) is 34.4 Å². The van der Waals surface area contributed by atoms with Gasteiger partial charge in [0.2, 0.25) is 0 Å². The van der Waals surface area contributed by atoms with Crippen LogP contribution in [-0.2, 0) is 10.8 Å². The third-order valence-electron chi connectivity index (χ3n) is 13.0. The van der Waals surface area contributed by atoms with E-state index in [-0.39, 0.29) is 10.8 Å². The van der Waals surface area contributed by atoms with E-state index in [2.05, 4.69) is 175 Å². The first-order valence-electron chi connectivity index (χ1n) is 18.7. The van der Waals surface area contributed by atoms with Gasteiger partial charge in [-0.15, -0.1) is 0 Å². The van der Waals surface area contributed by atoms with Crippen LogP contribution in [-0.4, -0.2) is 16.1 Å². The van der Waals surface area contributed by atoms with Crippen LogP contribution in [0.5, 0.6) is 23.0 Å². The molecule has 2 nitrogen and oxygen atoms in total. The monoisotopic (exact) mass is 708 g/mol. The summed E-state index contributed by atoms with van der Waals surface area (Å²) in [5.74, 6) is 4.20. The Morgan fingerprint density at radius 3 is 1.27 bits per heavy atom. The molecule has 0 aromatic heterocycles. The maximum absolute atomic E-state index is 6.79. The van der Waals surface area contributed by atoms with Crippen molar-refractivity contribution < 1.29 is 9.47 Å². The number of para-hydroxylation sites is 2. The summed E-state index contributed by atoms with van der Waals surface area (Å²) in [6, 6.07) is 40.8. The Hall–Kier alpha value is -4.91. The summed E-state index contributed by atoms with van der Waals surface area (Å²) < 4.78 is 13.6. The van der Waals surface area contributed by atoms with Crippen molar-refractivity contribution in [3.05, 3.63) is 143 Å². The van der Waals surface area contributed by atoms with Gasteiger partial charge in [-0.3, -0.25) is 0 Å². The van der Waals surface area contributed by atoms with Crippen LogP contribution < -0.4 is 30.2 Å². The molecule has 0 saturated heterocycles. The second kappa shape index (κ2) is 10.4. The van der Waals surface area contributed by atoms with E-state index < -0.39 is 16.1 Å². The molecule has 0 bridgehead atoms. The highest BCUT2D eigenvalue weighted by Crippen LogP contribution is 2.55. The van der Waals surface area contributed by atoms with Gasteiger partial charge in [-0.05, 0) is 77.4 Å². The van der Waals surface area contributed by atoms with Gasteiger partial charge in [-0.1, -0.05) is 163 Å². The minimum absolute atomic E-state index is 0.127. The molecule has 0 amide bonds. The van der Waals surface area contributed by atoms with Crippen molar-refractivity contribution in [1.29, 1.82) is 0 Å². The highest BCUT2D eigenvalue weighted by atomic mass is 28.3. The zero-order valence-corrected chi connectivity index (χ0v) is 33.4. The molecule has 0 N–H and O–H groups in total. The van der Waals surface area contributed by atoms with Gasteiger partial charge in [0.05, 0.1) is 0 Å². The second-order valence-corrected chi connectivity index (χ2v) is 26.0. The van der Waals surface area contributed by atoms with Crippen LogP contribution in [0.15, 0.2) is 109 Å². The van der Waals surface area contributed by atoms with Crippen molar-refractivity contribution in [2.24, 2.45) is 0 Å². The van der Waals surface area contributed by atoms with E-state index >= 15 is 0 Å². The third-order valence-corrected chi connectivity index (χ3v) is 20.0. The second-order valence-electron chi connectivity index (χ2n) is 17.4. The predicted molar refractivity (Wildman–Crippen MR) is 223 cm³/mol. The minimum atomic E-state index is -1.91. The van der Waals surface area contributed by atoms with Gasteiger partial charge in [0, 0.05) is 22.0 Å². The molecular formula is C48H44O2Si2. The zero-order chi connectivity index (χ0) is 35.9. The molecule has 2 aliphatic heterocycles. The molecule has 4 aliphatic rings. The largest absolute Gasteiger partial charge is 0.457 e. The fourth-order valence-electron chi connectivity index (χ4n) is 9.88. The lowest BCUT2D eigenvalue weighted by molar-refractivity contribution is 0.487. The molecule has 0 saturated carbocycles. The molecule has 0 radical (unpaired) electrons. The number of hydrogen-bond acceptors (Lipinski definition) is 2. The van der Waals surface area contributed by atoms with E-state index in [4.69, 9.17) is 9.47 Å². The third kappa shape index (κ3) is 4.11. The molecule has 52 heavy (non-hydrogen) atoms. The Morgan fingerprint density at radius 2 is 0.846 bits per heavy atom. The molecule has 0 spiro atoms. The van der Waals surface area contributed by atoms with Crippen LogP contribution >= 0.6 is 0 Å². The summed E-state index contributed by atoms with van der Waals surface area (Å²) in [7, 11) is -3.82. The van der Waals surface area contributed by atoms with Crippen LogP contribution in [0.4, 0.5) is 0 Å². The smallest absolute Gasteiger partial charge is 0.135 e. The number of benzene rings is 6. The average Bonchev–Trinajstić information content (AvgIpc) is 3.50. The standard InChI is InChI=1S/C48H44O2Si2/c1-47(2)33-23-25-41-45(49-37-13-9-11-15-39(37)51(41,5)6)43(33)31-21-19-29(27-35(31)47)17-18-30-20-22-32-36(28-30)48(3,4)34-24-26-42-46(44(32)34)50-38-14-10-12-16-40(38)52(42,7)8/h9-28H,1-8H3. The van der Waals surface area contributed by atoms with E-state index in [9.17, 15) is 0 Å². The molecule has 0 unspecified atom stereocenters. The van der Waals surface area contributed by atoms with E-state index in [1.54, 1.807) is 0 Å². The van der Waals surface area contributed by atoms with E-state index in [1.807, 2.05) is 0 Å². The van der Waals surface area contributed by atoms with Crippen LogP contribution in [0.1, 0.15) is 61.1 Å². The molecule has 6 aromatic carbocycles. The maximum atomic E-state index is 6.79. The highest BCUT2D eigenvalue weighted by Gasteiger charge is 2.45. The average molecular weight is 709 g/mol. The van der Waals surface area contributed by atoms with Gasteiger partial charge >= 0.3 is 0 Å². The highest BCUT2D eigenvalue weighted by molar-refractivity contribution is 7.02. The van der Waals surface area contributed by atoms with Crippen molar-refractivity contribution in [3.63, 3.8) is 0 Å². The van der Waals surface area contributed by atoms with E-state index in [1.165, 1.54) is 76.4 Å². The van der Waals surface area contributed by atoms with Crippen LogP contribution in [0, 0.1) is 0 Å². The lowest BCUT2D eigenvalue weighted by Gasteiger charge is -2.34. The Balaban J connectivity index is 1.01. The summed E-state index contributed by atoms with van der Waals surface area (Å²) in [4.78, 5) is 0. The topological polar surface area (TPSA) is 18.5 Å². The lowest BCUT2D eigenvalue weighted by Crippen LogP contribution is -2.56. The number of hydrogen-bond donors (Lipinski definition) is 0.